The zero-order chi connectivity index (χ0) is 22.6. The number of hydrogen-bond acceptors (Lipinski definition) is 8. The van der Waals surface area contributed by atoms with Crippen molar-refractivity contribution in [2.24, 2.45) is 0 Å². The summed E-state index contributed by atoms with van der Waals surface area (Å²) in [5.41, 5.74) is -0.603. The number of anilines is 1. The number of carboxylic acids is 1. The second-order valence-electron chi connectivity index (χ2n) is 5.87. The monoisotopic (exact) mass is 435 g/mol. The zero-order valence-corrected chi connectivity index (χ0v) is 15.6. The van der Waals surface area contributed by atoms with Crippen LogP contribution in [0.4, 0.5) is 18.9 Å². The van der Waals surface area contributed by atoms with E-state index < -0.39 is 53.7 Å². The second kappa shape index (κ2) is 8.98. The quantitative estimate of drug-likeness (QED) is 0.654. The largest absolute Gasteiger partial charge is 0.573 e. The molecule has 1 N–H and O–H groups in total. The number of halogens is 3. The number of benzene rings is 1. The second-order valence-corrected chi connectivity index (χ2v) is 5.87. The van der Waals surface area contributed by atoms with E-state index in [1.807, 2.05) is 0 Å². The first kappa shape index (κ1) is 22.9. The van der Waals surface area contributed by atoms with Gasteiger partial charge in [-0.15, -0.1) is 13.2 Å². The Morgan fingerprint density at radius 2 is 1.97 bits per heavy atom. The number of carbonyl (C=O) groups excluding carboxylic acids is 3. The molecule has 1 aromatic rings. The summed E-state index contributed by atoms with van der Waals surface area (Å²) >= 11 is 0. The highest BCUT2D eigenvalue weighted by atomic mass is 19.4. The summed E-state index contributed by atoms with van der Waals surface area (Å²) in [5.74, 6) is -5.40. The minimum Gasteiger partial charge on any atom is -0.478 e. The van der Waals surface area contributed by atoms with Crippen LogP contribution in [0, 0.1) is 0 Å². The Morgan fingerprint density at radius 1 is 1.30 bits per heavy atom. The number of carbonyl (C=O) groups is 4. The van der Waals surface area contributed by atoms with Gasteiger partial charge in [-0.1, -0.05) is 0 Å². The van der Waals surface area contributed by atoms with E-state index in [2.05, 4.69) is 14.2 Å². The Balaban J connectivity index is 2.43. The first-order valence-electron chi connectivity index (χ1n) is 8.25. The van der Waals surface area contributed by atoms with E-state index in [9.17, 15) is 37.5 Å². The summed E-state index contributed by atoms with van der Waals surface area (Å²) in [6, 6.07) is 2.61. The molecule has 0 radical (unpaired) electrons. The number of esters is 2. The lowest BCUT2D eigenvalue weighted by Gasteiger charge is -2.35. The van der Waals surface area contributed by atoms with Crippen molar-refractivity contribution < 1.29 is 56.4 Å². The smallest absolute Gasteiger partial charge is 0.478 e. The van der Waals surface area contributed by atoms with Gasteiger partial charge in [0.25, 0.3) is 5.91 Å². The van der Waals surface area contributed by atoms with Gasteiger partial charge < -0.3 is 29.0 Å². The van der Waals surface area contributed by atoms with E-state index in [0.29, 0.717) is 0 Å². The molecule has 0 aliphatic carbocycles. The van der Waals surface area contributed by atoms with Crippen LogP contribution in [0.3, 0.4) is 0 Å². The highest BCUT2D eigenvalue weighted by Crippen LogP contribution is 2.31. The van der Waals surface area contributed by atoms with Crippen molar-refractivity contribution in [2.75, 3.05) is 25.2 Å². The molecule has 1 amide bonds. The number of ether oxygens (including phenoxy) is 4. The number of carboxylic acid groups (broad SMARTS) is 1. The van der Waals surface area contributed by atoms with Gasteiger partial charge in [0.1, 0.15) is 5.75 Å². The molecule has 0 bridgehead atoms. The molecular weight excluding hydrogens is 419 g/mol. The number of alkyl halides is 3. The molecule has 2 rings (SSSR count). The van der Waals surface area contributed by atoms with Crippen molar-refractivity contribution in [3.8, 4) is 5.75 Å². The number of rotatable bonds is 6. The zero-order valence-electron chi connectivity index (χ0n) is 15.6. The van der Waals surface area contributed by atoms with E-state index in [1.165, 1.54) is 0 Å². The fourth-order valence-corrected chi connectivity index (χ4v) is 2.70. The summed E-state index contributed by atoms with van der Waals surface area (Å²) in [5, 5.41) is 9.25. The maximum Gasteiger partial charge on any atom is 0.573 e. The summed E-state index contributed by atoms with van der Waals surface area (Å²) < 4.78 is 55.5. The lowest BCUT2D eigenvalue weighted by atomic mass is 10.1. The highest BCUT2D eigenvalue weighted by Gasteiger charge is 2.43. The maximum absolute atomic E-state index is 12.8. The van der Waals surface area contributed by atoms with Crippen molar-refractivity contribution in [2.45, 2.75) is 25.5 Å². The van der Waals surface area contributed by atoms with Gasteiger partial charge in [0.15, 0.2) is 6.10 Å². The number of morpholine rings is 1. The molecule has 0 saturated carbocycles. The molecule has 30 heavy (non-hydrogen) atoms. The standard InChI is InChI=1S/C17H16F3NO9/c1-8(22)29-13(15(24)25)12-14(23)21(5-6-28-12)11-4-3-9(30-17(18,19)20)7-10(11)16(26)27-2/h3-4,7,12-13H,5-6H2,1-2H3,(H,24,25)/t12-,13-/m1/s1. The summed E-state index contributed by atoms with van der Waals surface area (Å²) in [4.78, 5) is 48.4. The molecule has 1 aromatic carbocycles. The average molecular weight is 435 g/mol. The first-order valence-corrected chi connectivity index (χ1v) is 8.25. The first-order chi connectivity index (χ1) is 13.9. The van der Waals surface area contributed by atoms with Crippen LogP contribution in [0.15, 0.2) is 18.2 Å². The topological polar surface area (TPSA) is 129 Å². The Hall–Kier alpha value is -3.35. The van der Waals surface area contributed by atoms with Crippen LogP contribution in [0.1, 0.15) is 17.3 Å². The third kappa shape index (κ3) is 5.37. The number of nitrogens with zero attached hydrogens (tertiary/aromatic N) is 1. The van der Waals surface area contributed by atoms with E-state index in [4.69, 9.17) is 4.74 Å². The molecule has 0 unspecified atom stereocenters. The predicted molar refractivity (Wildman–Crippen MR) is 89.7 cm³/mol. The van der Waals surface area contributed by atoms with Gasteiger partial charge in [-0.05, 0) is 18.2 Å². The minimum absolute atomic E-state index is 0.161. The molecule has 1 aliphatic heterocycles. The molecule has 0 spiro atoms. The molecule has 0 aromatic heterocycles. The molecule has 10 nitrogen and oxygen atoms in total. The predicted octanol–water partition coefficient (Wildman–Crippen LogP) is 1.12. The Bertz CT molecular complexity index is 855. The van der Waals surface area contributed by atoms with Gasteiger partial charge in [-0.3, -0.25) is 9.59 Å². The minimum atomic E-state index is -5.02. The van der Waals surface area contributed by atoms with Gasteiger partial charge in [0.2, 0.25) is 6.10 Å². The average Bonchev–Trinajstić information content (AvgIpc) is 2.64. The summed E-state index contributed by atoms with van der Waals surface area (Å²) in [6.45, 7) is 0.573. The molecule has 1 aliphatic rings. The number of methoxy groups -OCH3 is 1. The van der Waals surface area contributed by atoms with Crippen molar-refractivity contribution in [1.82, 2.24) is 0 Å². The lowest BCUT2D eigenvalue weighted by molar-refractivity contribution is -0.274. The fraction of sp³-hybridized carbons (Fsp3) is 0.412. The Labute approximate surface area is 167 Å². The SMILES string of the molecule is COC(=O)c1cc(OC(F)(F)F)ccc1N1CCO[C@H]([C@@H](OC(C)=O)C(=O)O)C1=O. The lowest BCUT2D eigenvalue weighted by Crippen LogP contribution is -2.56. The number of hydrogen-bond donors (Lipinski definition) is 1. The molecule has 2 atom stereocenters. The van der Waals surface area contributed by atoms with Crippen LogP contribution in [-0.4, -0.2) is 67.8 Å². The van der Waals surface area contributed by atoms with Crippen LogP contribution in [0.5, 0.6) is 5.75 Å². The number of aliphatic carboxylic acids is 1. The third-order valence-corrected chi connectivity index (χ3v) is 3.83. The van der Waals surface area contributed by atoms with Gasteiger partial charge in [-0.2, -0.15) is 0 Å². The van der Waals surface area contributed by atoms with E-state index >= 15 is 0 Å². The van der Waals surface area contributed by atoms with E-state index in [1.54, 1.807) is 0 Å². The van der Waals surface area contributed by atoms with Crippen molar-refractivity contribution >= 4 is 29.5 Å². The Morgan fingerprint density at radius 3 is 2.50 bits per heavy atom. The van der Waals surface area contributed by atoms with Crippen LogP contribution in [-0.2, 0) is 28.6 Å². The van der Waals surface area contributed by atoms with Crippen molar-refractivity contribution in [3.05, 3.63) is 23.8 Å². The van der Waals surface area contributed by atoms with Crippen LogP contribution in [0.2, 0.25) is 0 Å². The molecule has 1 fully saturated rings. The fourth-order valence-electron chi connectivity index (χ4n) is 2.70. The third-order valence-electron chi connectivity index (χ3n) is 3.83. The highest BCUT2D eigenvalue weighted by molar-refractivity contribution is 6.06. The van der Waals surface area contributed by atoms with Crippen LogP contribution in [0.25, 0.3) is 0 Å². The molecule has 1 heterocycles. The van der Waals surface area contributed by atoms with Gasteiger partial charge in [0.05, 0.1) is 25.0 Å². The van der Waals surface area contributed by atoms with Gasteiger partial charge >= 0.3 is 24.3 Å². The van der Waals surface area contributed by atoms with E-state index in [0.717, 1.165) is 37.1 Å². The van der Waals surface area contributed by atoms with Crippen molar-refractivity contribution in [1.29, 1.82) is 0 Å². The normalized spacial score (nSPS) is 17.8. The maximum atomic E-state index is 12.8. The van der Waals surface area contributed by atoms with Gasteiger partial charge in [0, 0.05) is 13.5 Å². The molecule has 1 saturated heterocycles. The summed E-state index contributed by atoms with van der Waals surface area (Å²) in [6.07, 6.45) is -8.72. The van der Waals surface area contributed by atoms with Crippen LogP contribution >= 0.6 is 0 Å². The molecule has 13 heteroatoms. The summed E-state index contributed by atoms with van der Waals surface area (Å²) in [7, 11) is 0.981. The number of amides is 1. The van der Waals surface area contributed by atoms with Crippen molar-refractivity contribution in [3.63, 3.8) is 0 Å². The van der Waals surface area contributed by atoms with E-state index in [-0.39, 0.29) is 18.8 Å². The molecular formula is C17H16F3NO9. The Kier molecular flexibility index (Phi) is 6.87. The molecule has 164 valence electrons. The van der Waals surface area contributed by atoms with Crippen LogP contribution < -0.4 is 9.64 Å². The van der Waals surface area contributed by atoms with Gasteiger partial charge in [-0.25, -0.2) is 9.59 Å².